The number of carbonyl (C=O) groups excluding carboxylic acids is 1. The molecule has 0 spiro atoms. The van der Waals surface area contributed by atoms with Crippen LogP contribution in [0.1, 0.15) is 23.0 Å². The third-order valence-corrected chi connectivity index (χ3v) is 6.02. The van der Waals surface area contributed by atoms with Crippen molar-refractivity contribution >= 4 is 65.0 Å². The van der Waals surface area contributed by atoms with E-state index < -0.39 is 0 Å². The monoisotopic (exact) mass is 417 g/mol. The Labute approximate surface area is 118 Å². The normalized spacial score (nSPS) is 12.5. The van der Waals surface area contributed by atoms with Crippen molar-refractivity contribution in [2.45, 2.75) is 18.2 Å². The van der Waals surface area contributed by atoms with Gasteiger partial charge in [0.25, 0.3) is 5.91 Å². The first-order valence-electron chi connectivity index (χ1n) is 4.41. The predicted molar refractivity (Wildman–Crippen MR) is 75.1 cm³/mol. The number of rotatable bonds is 4. The van der Waals surface area contributed by atoms with E-state index in [0.29, 0.717) is 16.2 Å². The van der Waals surface area contributed by atoms with Crippen LogP contribution < -0.4 is 5.32 Å². The van der Waals surface area contributed by atoms with Crippen molar-refractivity contribution in [1.82, 2.24) is 5.32 Å². The highest BCUT2D eigenvalue weighted by atomic mass is 79.9. The molecule has 1 N–H and O–H groups in total. The Bertz CT molecular complexity index is 334. The summed E-state index contributed by atoms with van der Waals surface area (Å²) in [7, 11) is 0. The molecule has 0 aliphatic carbocycles. The molecular formula is C9H10Br3NOS. The fraction of sp³-hybridized carbons (Fsp3) is 0.444. The molecule has 15 heavy (non-hydrogen) atoms. The van der Waals surface area contributed by atoms with Gasteiger partial charge in [-0.3, -0.25) is 4.79 Å². The zero-order valence-corrected chi connectivity index (χ0v) is 13.6. The molecule has 1 unspecified atom stereocenters. The number of carbonyl (C=O) groups is 1. The van der Waals surface area contributed by atoms with Gasteiger partial charge in [0.15, 0.2) is 0 Å². The van der Waals surface area contributed by atoms with Gasteiger partial charge >= 0.3 is 0 Å². The quantitative estimate of drug-likeness (QED) is 0.729. The molecule has 84 valence electrons. The fourth-order valence-corrected chi connectivity index (χ4v) is 3.01. The van der Waals surface area contributed by atoms with E-state index in [2.05, 4.69) is 60.0 Å². The summed E-state index contributed by atoms with van der Waals surface area (Å²) in [5.74, 6) is -0.0238. The van der Waals surface area contributed by atoms with E-state index in [1.165, 1.54) is 11.3 Å². The Morgan fingerprint density at radius 1 is 1.60 bits per heavy atom. The second-order valence-corrected chi connectivity index (χ2v) is 7.47. The summed E-state index contributed by atoms with van der Waals surface area (Å²) in [6, 6.07) is 1.82. The summed E-state index contributed by atoms with van der Waals surface area (Å²) in [4.78, 5) is 12.7. The SMILES string of the molecule is CCC(Br)CNC(=O)c1cc(Br)c(Br)s1. The van der Waals surface area contributed by atoms with Gasteiger partial charge in [0.05, 0.1) is 8.66 Å². The van der Waals surface area contributed by atoms with Gasteiger partial charge in [-0.05, 0) is 44.3 Å². The van der Waals surface area contributed by atoms with Crippen molar-refractivity contribution in [2.75, 3.05) is 6.54 Å². The van der Waals surface area contributed by atoms with Crippen LogP contribution >= 0.6 is 59.1 Å². The molecule has 0 radical (unpaired) electrons. The second kappa shape index (κ2) is 6.37. The Kier molecular flexibility index (Phi) is 5.81. The molecule has 0 saturated heterocycles. The van der Waals surface area contributed by atoms with Crippen molar-refractivity contribution in [3.63, 3.8) is 0 Å². The van der Waals surface area contributed by atoms with Crippen molar-refractivity contribution in [2.24, 2.45) is 0 Å². The Hall–Kier alpha value is 0.610. The summed E-state index contributed by atoms with van der Waals surface area (Å²) >= 11 is 11.6. The van der Waals surface area contributed by atoms with Crippen LogP contribution in [0.2, 0.25) is 0 Å². The van der Waals surface area contributed by atoms with Crippen LogP contribution in [0.15, 0.2) is 14.3 Å². The van der Waals surface area contributed by atoms with Crippen LogP contribution in [-0.2, 0) is 0 Å². The highest BCUT2D eigenvalue weighted by molar-refractivity contribution is 9.13. The molecule has 0 fully saturated rings. The maximum Gasteiger partial charge on any atom is 0.261 e. The Morgan fingerprint density at radius 2 is 2.27 bits per heavy atom. The molecule has 1 rings (SSSR count). The number of hydrogen-bond acceptors (Lipinski definition) is 2. The van der Waals surface area contributed by atoms with Crippen molar-refractivity contribution in [3.05, 3.63) is 19.2 Å². The first-order valence-corrected chi connectivity index (χ1v) is 7.73. The molecule has 0 aliphatic rings. The lowest BCUT2D eigenvalue weighted by Crippen LogP contribution is -2.28. The van der Waals surface area contributed by atoms with Crippen LogP contribution in [0.25, 0.3) is 0 Å². The van der Waals surface area contributed by atoms with Gasteiger partial charge in [-0.15, -0.1) is 11.3 Å². The van der Waals surface area contributed by atoms with Gasteiger partial charge < -0.3 is 5.32 Å². The van der Waals surface area contributed by atoms with Gasteiger partial charge in [-0.1, -0.05) is 22.9 Å². The van der Waals surface area contributed by atoms with Gasteiger partial charge in [0.1, 0.15) is 0 Å². The van der Waals surface area contributed by atoms with E-state index >= 15 is 0 Å². The van der Waals surface area contributed by atoms with Crippen molar-refractivity contribution < 1.29 is 4.79 Å². The largest absolute Gasteiger partial charge is 0.350 e. The molecule has 6 heteroatoms. The minimum absolute atomic E-state index is 0.0238. The molecule has 1 amide bonds. The summed E-state index contributed by atoms with van der Waals surface area (Å²) in [6.45, 7) is 2.73. The van der Waals surface area contributed by atoms with E-state index in [4.69, 9.17) is 0 Å². The first-order chi connectivity index (χ1) is 7.04. The molecule has 1 atom stereocenters. The number of nitrogens with one attached hydrogen (secondary N) is 1. The standard InChI is InChI=1S/C9H10Br3NOS/c1-2-5(10)4-13-9(14)7-3-6(11)8(12)15-7/h3,5H,2,4H2,1H3,(H,13,14). The average Bonchev–Trinajstić information content (AvgIpc) is 2.55. The van der Waals surface area contributed by atoms with Crippen LogP contribution in [0.5, 0.6) is 0 Å². The maximum atomic E-state index is 11.7. The first kappa shape index (κ1) is 13.7. The third kappa shape index (κ3) is 4.17. The van der Waals surface area contributed by atoms with E-state index in [-0.39, 0.29) is 5.91 Å². The van der Waals surface area contributed by atoms with Crippen LogP contribution in [0.4, 0.5) is 0 Å². The summed E-state index contributed by atoms with van der Waals surface area (Å²) in [5, 5.41) is 2.87. The summed E-state index contributed by atoms with van der Waals surface area (Å²) < 4.78 is 1.86. The highest BCUT2D eigenvalue weighted by Crippen LogP contribution is 2.32. The predicted octanol–water partition coefficient (Wildman–Crippen LogP) is 4.18. The molecule has 1 heterocycles. The smallest absolute Gasteiger partial charge is 0.261 e. The number of halogens is 3. The molecule has 1 aromatic heterocycles. The second-order valence-electron chi connectivity index (χ2n) is 2.95. The zero-order chi connectivity index (χ0) is 11.4. The molecular weight excluding hydrogens is 410 g/mol. The minimum Gasteiger partial charge on any atom is -0.350 e. The lowest BCUT2D eigenvalue weighted by Gasteiger charge is -2.07. The third-order valence-electron chi connectivity index (χ3n) is 1.80. The molecule has 2 nitrogen and oxygen atoms in total. The van der Waals surface area contributed by atoms with Gasteiger partial charge in [-0.2, -0.15) is 0 Å². The molecule has 0 aromatic carbocycles. The van der Waals surface area contributed by atoms with E-state index in [1.807, 2.05) is 6.07 Å². The fourth-order valence-electron chi connectivity index (χ4n) is 0.893. The van der Waals surface area contributed by atoms with Crippen LogP contribution in [-0.4, -0.2) is 17.3 Å². The number of amides is 1. The van der Waals surface area contributed by atoms with Crippen molar-refractivity contribution in [3.8, 4) is 0 Å². The van der Waals surface area contributed by atoms with E-state index in [1.54, 1.807) is 0 Å². The highest BCUT2D eigenvalue weighted by Gasteiger charge is 2.12. The number of alkyl halides is 1. The molecule has 0 aliphatic heterocycles. The van der Waals surface area contributed by atoms with Gasteiger partial charge in [-0.25, -0.2) is 0 Å². The lowest BCUT2D eigenvalue weighted by atomic mass is 10.3. The Balaban J connectivity index is 2.54. The maximum absolute atomic E-state index is 11.7. The number of hydrogen-bond donors (Lipinski definition) is 1. The van der Waals surface area contributed by atoms with E-state index in [0.717, 1.165) is 14.7 Å². The molecule has 0 bridgehead atoms. The zero-order valence-electron chi connectivity index (χ0n) is 8.02. The topological polar surface area (TPSA) is 29.1 Å². The molecule has 1 aromatic rings. The number of thiophene rings is 1. The van der Waals surface area contributed by atoms with Gasteiger partial charge in [0, 0.05) is 15.8 Å². The van der Waals surface area contributed by atoms with E-state index in [9.17, 15) is 4.79 Å². The van der Waals surface area contributed by atoms with Gasteiger partial charge in [0.2, 0.25) is 0 Å². The summed E-state index contributed by atoms with van der Waals surface area (Å²) in [5.41, 5.74) is 0. The van der Waals surface area contributed by atoms with Crippen molar-refractivity contribution in [1.29, 1.82) is 0 Å². The average molecular weight is 420 g/mol. The van der Waals surface area contributed by atoms with Crippen LogP contribution in [0, 0.1) is 0 Å². The van der Waals surface area contributed by atoms with Crippen LogP contribution in [0.3, 0.4) is 0 Å². The minimum atomic E-state index is -0.0238. The summed E-state index contributed by atoms with van der Waals surface area (Å²) in [6.07, 6.45) is 0.998. The lowest BCUT2D eigenvalue weighted by molar-refractivity contribution is 0.0958. The molecule has 0 saturated carbocycles. The Morgan fingerprint density at radius 3 is 2.73 bits per heavy atom.